The highest BCUT2D eigenvalue weighted by molar-refractivity contribution is 5.63. The zero-order valence-corrected chi connectivity index (χ0v) is 10.9. The van der Waals surface area contributed by atoms with E-state index in [0.29, 0.717) is 12.2 Å². The van der Waals surface area contributed by atoms with Gasteiger partial charge in [-0.25, -0.2) is 4.98 Å². The Balaban J connectivity index is 2.21. The van der Waals surface area contributed by atoms with Gasteiger partial charge in [-0.3, -0.25) is 10.1 Å². The van der Waals surface area contributed by atoms with Crippen LogP contribution in [0.25, 0.3) is 0 Å². The first-order chi connectivity index (χ1) is 9.65. The number of imidazole rings is 1. The van der Waals surface area contributed by atoms with E-state index in [-0.39, 0.29) is 11.3 Å². The summed E-state index contributed by atoms with van der Waals surface area (Å²) < 4.78 is 1.95. The van der Waals surface area contributed by atoms with Crippen LogP contribution in [0.5, 0.6) is 0 Å². The summed E-state index contributed by atoms with van der Waals surface area (Å²) in [5.74, 6) is 0.797. The molecule has 0 saturated carbocycles. The molecule has 0 amide bonds. The van der Waals surface area contributed by atoms with Crippen LogP contribution in [0.1, 0.15) is 18.3 Å². The first-order valence-corrected chi connectivity index (χ1v) is 6.08. The van der Waals surface area contributed by atoms with Crippen LogP contribution in [-0.2, 0) is 13.1 Å². The van der Waals surface area contributed by atoms with Crippen LogP contribution in [0.4, 0.5) is 11.4 Å². The van der Waals surface area contributed by atoms with Crippen molar-refractivity contribution in [2.24, 2.45) is 0 Å². The second-order valence-corrected chi connectivity index (χ2v) is 4.08. The molecule has 0 bridgehead atoms. The molecule has 2 aromatic rings. The van der Waals surface area contributed by atoms with Crippen molar-refractivity contribution in [3.63, 3.8) is 0 Å². The molecule has 20 heavy (non-hydrogen) atoms. The number of aromatic nitrogens is 2. The Kier molecular flexibility index (Phi) is 3.96. The fourth-order valence-electron chi connectivity index (χ4n) is 1.87. The number of rotatable bonds is 5. The Morgan fingerprint density at radius 1 is 1.55 bits per heavy atom. The molecule has 1 aromatic carbocycles. The van der Waals surface area contributed by atoms with E-state index < -0.39 is 4.92 Å². The molecule has 102 valence electrons. The molecule has 0 aliphatic heterocycles. The topological polar surface area (TPSA) is 96.8 Å². The Bertz CT molecular complexity index is 672. The molecule has 0 spiro atoms. The van der Waals surface area contributed by atoms with Gasteiger partial charge in [-0.2, -0.15) is 5.26 Å². The lowest BCUT2D eigenvalue weighted by molar-refractivity contribution is -0.384. The molecule has 0 saturated heterocycles. The zero-order chi connectivity index (χ0) is 14.5. The largest absolute Gasteiger partial charge is 0.372 e. The number of aryl methyl sites for hydroxylation is 1. The molecule has 7 nitrogen and oxygen atoms in total. The lowest BCUT2D eigenvalue weighted by atomic mass is 10.2. The second-order valence-electron chi connectivity index (χ2n) is 4.08. The van der Waals surface area contributed by atoms with Crippen molar-refractivity contribution in [1.82, 2.24) is 9.55 Å². The second kappa shape index (κ2) is 5.84. The summed E-state index contributed by atoms with van der Waals surface area (Å²) in [6.45, 7) is 3.16. The molecule has 1 aromatic heterocycles. The van der Waals surface area contributed by atoms with E-state index in [4.69, 9.17) is 5.26 Å². The Morgan fingerprint density at radius 3 is 3.00 bits per heavy atom. The van der Waals surface area contributed by atoms with Crippen LogP contribution in [-0.4, -0.2) is 14.5 Å². The summed E-state index contributed by atoms with van der Waals surface area (Å²) in [5, 5.41) is 22.8. The van der Waals surface area contributed by atoms with E-state index in [2.05, 4.69) is 10.3 Å². The highest BCUT2D eigenvalue weighted by atomic mass is 16.6. The Labute approximate surface area is 115 Å². The van der Waals surface area contributed by atoms with Crippen molar-refractivity contribution < 1.29 is 4.92 Å². The van der Waals surface area contributed by atoms with Gasteiger partial charge in [0.25, 0.3) is 5.69 Å². The minimum absolute atomic E-state index is 0.112. The number of nitro groups is 1. The molecule has 0 radical (unpaired) electrons. The van der Waals surface area contributed by atoms with Crippen molar-refractivity contribution in [1.29, 1.82) is 5.26 Å². The van der Waals surface area contributed by atoms with Gasteiger partial charge in [-0.15, -0.1) is 0 Å². The van der Waals surface area contributed by atoms with Crippen LogP contribution >= 0.6 is 0 Å². The summed E-state index contributed by atoms with van der Waals surface area (Å²) >= 11 is 0. The predicted octanol–water partition coefficient (Wildman–Crippen LogP) is 2.29. The van der Waals surface area contributed by atoms with Crippen molar-refractivity contribution in [3.05, 3.63) is 52.1 Å². The fourth-order valence-corrected chi connectivity index (χ4v) is 1.87. The molecule has 7 heteroatoms. The molecule has 0 aliphatic rings. The van der Waals surface area contributed by atoms with Crippen molar-refractivity contribution in [3.8, 4) is 6.07 Å². The molecule has 0 fully saturated rings. The molecule has 0 unspecified atom stereocenters. The maximum absolute atomic E-state index is 11.0. The number of nitrogens with zero attached hydrogens (tertiary/aromatic N) is 4. The van der Waals surface area contributed by atoms with E-state index in [1.165, 1.54) is 12.1 Å². The van der Waals surface area contributed by atoms with Crippen LogP contribution in [0.15, 0.2) is 30.6 Å². The van der Waals surface area contributed by atoms with Crippen LogP contribution < -0.4 is 5.32 Å². The smallest absolute Gasteiger partial charge is 0.293 e. The van der Waals surface area contributed by atoms with Gasteiger partial charge in [0.05, 0.1) is 23.1 Å². The summed E-state index contributed by atoms with van der Waals surface area (Å²) in [4.78, 5) is 14.7. The van der Waals surface area contributed by atoms with E-state index in [9.17, 15) is 10.1 Å². The highest BCUT2D eigenvalue weighted by Gasteiger charge is 2.15. The number of benzene rings is 1. The average molecular weight is 271 g/mol. The van der Waals surface area contributed by atoms with Gasteiger partial charge in [0.1, 0.15) is 11.5 Å². The minimum atomic E-state index is -0.504. The summed E-state index contributed by atoms with van der Waals surface area (Å²) in [7, 11) is 0. The van der Waals surface area contributed by atoms with Gasteiger partial charge in [-0.05, 0) is 19.1 Å². The molecular formula is C13H13N5O2. The maximum Gasteiger partial charge on any atom is 0.293 e. The third-order valence-electron chi connectivity index (χ3n) is 2.90. The maximum atomic E-state index is 11.0. The lowest BCUT2D eigenvalue weighted by Gasteiger charge is -2.08. The summed E-state index contributed by atoms with van der Waals surface area (Å²) in [5.41, 5.74) is 0.524. The van der Waals surface area contributed by atoms with Gasteiger partial charge in [0.15, 0.2) is 0 Å². The number of nitrogens with one attached hydrogen (secondary N) is 1. The number of hydrogen-bond donors (Lipinski definition) is 1. The van der Waals surface area contributed by atoms with Gasteiger partial charge in [0.2, 0.25) is 0 Å². The Morgan fingerprint density at radius 2 is 2.35 bits per heavy atom. The fraction of sp³-hybridized carbons (Fsp3) is 0.231. The van der Waals surface area contributed by atoms with Crippen LogP contribution in [0.2, 0.25) is 0 Å². The minimum Gasteiger partial charge on any atom is -0.372 e. The van der Waals surface area contributed by atoms with Gasteiger partial charge in [0, 0.05) is 25.0 Å². The Hall–Kier alpha value is -2.88. The monoisotopic (exact) mass is 271 g/mol. The molecule has 1 N–H and O–H groups in total. The number of nitriles is 1. The van der Waals surface area contributed by atoms with Crippen LogP contribution in [0, 0.1) is 21.4 Å². The van der Waals surface area contributed by atoms with Gasteiger partial charge >= 0.3 is 0 Å². The van der Waals surface area contributed by atoms with E-state index >= 15 is 0 Å². The van der Waals surface area contributed by atoms with Crippen molar-refractivity contribution in [2.75, 3.05) is 5.32 Å². The SMILES string of the molecule is CCn1ccnc1CNc1ccc(C#N)cc1[N+](=O)[O-]. The first-order valence-electron chi connectivity index (χ1n) is 6.08. The average Bonchev–Trinajstić information content (AvgIpc) is 2.92. The molecule has 0 aliphatic carbocycles. The van der Waals surface area contributed by atoms with E-state index in [1.54, 1.807) is 12.3 Å². The highest BCUT2D eigenvalue weighted by Crippen LogP contribution is 2.25. The zero-order valence-electron chi connectivity index (χ0n) is 10.9. The van der Waals surface area contributed by atoms with Gasteiger partial charge < -0.3 is 9.88 Å². The lowest BCUT2D eigenvalue weighted by Crippen LogP contribution is -2.08. The van der Waals surface area contributed by atoms with Crippen molar-refractivity contribution >= 4 is 11.4 Å². The third-order valence-corrected chi connectivity index (χ3v) is 2.90. The normalized spacial score (nSPS) is 10.0. The van der Waals surface area contributed by atoms with Gasteiger partial charge in [-0.1, -0.05) is 0 Å². The van der Waals surface area contributed by atoms with E-state index in [0.717, 1.165) is 12.4 Å². The van der Waals surface area contributed by atoms with Crippen molar-refractivity contribution in [2.45, 2.75) is 20.0 Å². The molecule has 2 rings (SSSR count). The predicted molar refractivity (Wildman–Crippen MR) is 73.0 cm³/mol. The number of anilines is 1. The molecular weight excluding hydrogens is 258 g/mol. The summed E-state index contributed by atoms with van der Waals surface area (Å²) in [6, 6.07) is 6.23. The molecule has 0 atom stereocenters. The van der Waals surface area contributed by atoms with Crippen LogP contribution in [0.3, 0.4) is 0 Å². The van der Waals surface area contributed by atoms with E-state index in [1.807, 2.05) is 23.8 Å². The first kappa shape index (κ1) is 13.5. The standard InChI is InChI=1S/C13H13N5O2/c1-2-17-6-5-15-13(17)9-16-11-4-3-10(8-14)7-12(11)18(19)20/h3-7,16H,2,9H2,1H3. The molecule has 1 heterocycles. The third kappa shape index (κ3) is 2.75. The summed E-state index contributed by atoms with van der Waals surface area (Å²) in [6.07, 6.45) is 3.54. The quantitative estimate of drug-likeness (QED) is 0.664. The number of hydrogen-bond acceptors (Lipinski definition) is 5. The number of nitro benzene ring substituents is 1.